The molecule has 0 unspecified atom stereocenters. The summed E-state index contributed by atoms with van der Waals surface area (Å²) in [6, 6.07) is 31.2. The van der Waals surface area contributed by atoms with Gasteiger partial charge in [0.2, 0.25) is 5.91 Å². The Morgan fingerprint density at radius 3 is 1.98 bits per heavy atom. The second-order valence-corrected chi connectivity index (χ2v) is 15.5. The van der Waals surface area contributed by atoms with Crippen LogP contribution < -0.4 is 26.8 Å². The Labute approximate surface area is 331 Å². The lowest BCUT2D eigenvalue weighted by Crippen LogP contribution is -2.55. The minimum absolute atomic E-state index is 0.0206. The number of carbonyl (C=O) groups is 3. The van der Waals surface area contributed by atoms with Crippen LogP contribution in [0.25, 0.3) is 21.7 Å². The van der Waals surface area contributed by atoms with Crippen LogP contribution in [0.2, 0.25) is 0 Å². The molecule has 3 amide bonds. The molecule has 5 aromatic carbocycles. The molecular weight excluding hydrogens is 715 g/mol. The van der Waals surface area contributed by atoms with Gasteiger partial charge in [-0.2, -0.15) is 0 Å². The van der Waals surface area contributed by atoms with Crippen molar-refractivity contribution in [3.63, 3.8) is 0 Å². The number of piperidine rings is 2. The Kier molecular flexibility index (Phi) is 9.67. The van der Waals surface area contributed by atoms with Crippen LogP contribution in [-0.4, -0.2) is 70.8 Å². The molecule has 57 heavy (non-hydrogen) atoms. The van der Waals surface area contributed by atoms with E-state index in [1.807, 2.05) is 58.3 Å². The summed E-state index contributed by atoms with van der Waals surface area (Å²) in [5.41, 5.74) is 18.6. The summed E-state index contributed by atoms with van der Waals surface area (Å²) in [7, 11) is -0.888. The highest BCUT2D eigenvalue weighted by molar-refractivity contribution is 6.71. The number of hydrogen-bond acceptors (Lipinski definition) is 7. The van der Waals surface area contributed by atoms with E-state index < -0.39 is 13.0 Å². The van der Waals surface area contributed by atoms with Crippen LogP contribution in [0.15, 0.2) is 97.1 Å². The van der Waals surface area contributed by atoms with Gasteiger partial charge in [0.1, 0.15) is 22.8 Å². The molecule has 3 aliphatic rings. The molecule has 4 heterocycles. The molecule has 6 aromatic rings. The van der Waals surface area contributed by atoms with E-state index in [0.717, 1.165) is 47.7 Å². The number of hydrogen-bond donors (Lipinski definition) is 5. The number of benzene rings is 5. The van der Waals surface area contributed by atoms with E-state index in [0.29, 0.717) is 78.6 Å². The second kappa shape index (κ2) is 15.1. The van der Waals surface area contributed by atoms with Gasteiger partial charge in [0.05, 0.1) is 5.56 Å². The van der Waals surface area contributed by atoms with Gasteiger partial charge in [-0.05, 0) is 94.9 Å². The number of aromatic hydroxyl groups is 1. The fraction of sp³-hybridized carbons (Fsp3) is 0.267. The summed E-state index contributed by atoms with van der Waals surface area (Å²) in [6.45, 7) is 3.43. The first-order valence-corrected chi connectivity index (χ1v) is 19.8. The predicted octanol–water partition coefficient (Wildman–Crippen LogP) is 5.50. The number of fused-ring (bicyclic) bond motifs is 3. The van der Waals surface area contributed by atoms with Crippen LogP contribution in [-0.2, 0) is 13.1 Å². The Morgan fingerprint density at radius 1 is 0.754 bits per heavy atom. The van der Waals surface area contributed by atoms with Crippen molar-refractivity contribution in [2.24, 2.45) is 11.5 Å². The highest BCUT2D eigenvalue weighted by atomic mass is 16.5. The molecule has 3 aliphatic heterocycles. The number of likely N-dealkylation sites (tertiary alicyclic amines) is 2. The summed E-state index contributed by atoms with van der Waals surface area (Å²) < 4.78 is 6.42. The van der Waals surface area contributed by atoms with Gasteiger partial charge in [0, 0.05) is 55.6 Å². The average Bonchev–Trinajstić information content (AvgIpc) is 3.70. The minimum Gasteiger partial charge on any atom is -0.537 e. The summed E-state index contributed by atoms with van der Waals surface area (Å²) in [6.07, 6.45) is 3.37. The first kappa shape index (κ1) is 36.5. The topological polar surface area (TPSA) is 167 Å². The van der Waals surface area contributed by atoms with Crippen molar-refractivity contribution in [3.8, 4) is 11.5 Å². The Morgan fingerprint density at radius 2 is 1.35 bits per heavy atom. The van der Waals surface area contributed by atoms with Crippen LogP contribution in [0.1, 0.15) is 91.0 Å². The smallest absolute Gasteiger partial charge is 0.520 e. The van der Waals surface area contributed by atoms with Gasteiger partial charge >= 0.3 is 7.05 Å². The molecule has 0 atom stereocenters. The van der Waals surface area contributed by atoms with E-state index in [-0.39, 0.29) is 28.9 Å². The molecule has 0 saturated carbocycles. The Bertz CT molecular complexity index is 2540. The first-order valence-electron chi connectivity index (χ1n) is 19.8. The van der Waals surface area contributed by atoms with Gasteiger partial charge in [0.25, 0.3) is 11.8 Å². The quantitative estimate of drug-likeness (QED) is 0.134. The lowest BCUT2D eigenvalue weighted by molar-refractivity contribution is 0.0703. The first-order chi connectivity index (χ1) is 27.8. The fourth-order valence-corrected chi connectivity index (χ4v) is 9.03. The fourth-order valence-electron chi connectivity index (χ4n) is 9.03. The largest absolute Gasteiger partial charge is 0.537 e. The molecule has 0 aliphatic carbocycles. The molecule has 1 aromatic heterocycles. The Balaban J connectivity index is 0.926. The number of nitrogens with two attached hydrogens (primary N) is 2. The SMILES string of the molecule is NCc1cccc(C2CCN(C(=O)c3cc4c(B5NC(=O)c6c(cc7cccc(C(=O)N8CCC(c9cccc(CN)c9)CC8)c7c6O)O5)cccc4[nH]3)CC2)c1. The van der Waals surface area contributed by atoms with Gasteiger partial charge in [-0.3, -0.25) is 14.4 Å². The number of aromatic amines is 1. The molecule has 12 heteroatoms. The number of H-pyrrole nitrogens is 1. The maximum atomic E-state index is 14.0. The van der Waals surface area contributed by atoms with Crippen LogP contribution in [0, 0.1) is 0 Å². The number of nitrogens with zero attached hydrogens (tertiary/aromatic N) is 2. The highest BCUT2D eigenvalue weighted by Crippen LogP contribution is 2.41. The van der Waals surface area contributed by atoms with Crippen molar-refractivity contribution in [2.45, 2.75) is 50.6 Å². The van der Waals surface area contributed by atoms with E-state index in [2.05, 4.69) is 34.5 Å². The van der Waals surface area contributed by atoms with Crippen molar-refractivity contribution in [3.05, 3.63) is 136 Å². The molecule has 11 nitrogen and oxygen atoms in total. The van der Waals surface area contributed by atoms with Crippen molar-refractivity contribution in [1.82, 2.24) is 20.0 Å². The van der Waals surface area contributed by atoms with Crippen LogP contribution in [0.3, 0.4) is 0 Å². The zero-order valence-electron chi connectivity index (χ0n) is 31.7. The molecular formula is C45H45BN6O5. The normalized spacial score (nSPS) is 16.5. The van der Waals surface area contributed by atoms with Gasteiger partial charge in [-0.25, -0.2) is 0 Å². The lowest BCUT2D eigenvalue weighted by Gasteiger charge is -2.33. The third-order valence-corrected chi connectivity index (χ3v) is 12.2. The maximum Gasteiger partial charge on any atom is 0.520 e. The zero-order valence-corrected chi connectivity index (χ0v) is 31.7. The second-order valence-electron chi connectivity index (χ2n) is 15.5. The average molecular weight is 761 g/mol. The summed E-state index contributed by atoms with van der Waals surface area (Å²) in [5.74, 6) is -0.156. The van der Waals surface area contributed by atoms with Gasteiger partial charge in [-0.15, -0.1) is 0 Å². The van der Waals surface area contributed by atoms with Crippen LogP contribution >= 0.6 is 0 Å². The van der Waals surface area contributed by atoms with Gasteiger partial charge in [0.15, 0.2) is 0 Å². The summed E-state index contributed by atoms with van der Waals surface area (Å²) in [4.78, 5) is 48.6. The summed E-state index contributed by atoms with van der Waals surface area (Å²) >= 11 is 0. The van der Waals surface area contributed by atoms with Crippen molar-refractivity contribution in [1.29, 1.82) is 0 Å². The third-order valence-electron chi connectivity index (χ3n) is 12.2. The molecule has 0 spiro atoms. The number of amides is 3. The van der Waals surface area contributed by atoms with Crippen molar-refractivity contribution in [2.75, 3.05) is 26.2 Å². The van der Waals surface area contributed by atoms with E-state index in [1.165, 1.54) is 11.1 Å². The molecule has 7 N–H and O–H groups in total. The van der Waals surface area contributed by atoms with Crippen molar-refractivity contribution < 1.29 is 24.1 Å². The molecule has 288 valence electrons. The molecule has 0 bridgehead atoms. The number of rotatable bonds is 7. The van der Waals surface area contributed by atoms with Crippen molar-refractivity contribution >= 4 is 51.9 Å². The van der Waals surface area contributed by atoms with E-state index in [1.54, 1.807) is 24.3 Å². The van der Waals surface area contributed by atoms with Gasteiger partial charge < -0.3 is 41.2 Å². The number of carbonyl (C=O) groups excluding carboxylic acids is 3. The number of phenolic OH excluding ortho intramolecular Hbond substituents is 1. The highest BCUT2D eigenvalue weighted by Gasteiger charge is 2.38. The van der Waals surface area contributed by atoms with Gasteiger partial charge in [-0.1, -0.05) is 72.8 Å². The maximum absolute atomic E-state index is 14.0. The minimum atomic E-state index is -0.888. The monoisotopic (exact) mass is 760 g/mol. The predicted molar refractivity (Wildman–Crippen MR) is 222 cm³/mol. The standard InChI is InChI=1S/C45H45BN6O5/c47-25-27-5-1-7-31(21-27)29-13-17-51(18-14-29)44(55)34-10-3-9-33-23-39-41(42(53)40(33)34)43(54)50-46(57-39)36-11-4-12-37-35(36)24-38(49-37)45(56)52-19-15-30(16-20-52)32-8-2-6-28(22-32)26-48/h1-12,21-24,29-30,49,53H,13-20,25-26,47-48H2,(H,50,54). The third kappa shape index (κ3) is 6.78. The molecule has 9 rings (SSSR count). The van der Waals surface area contributed by atoms with E-state index in [4.69, 9.17) is 16.1 Å². The lowest BCUT2D eigenvalue weighted by atomic mass is 9.70. The van der Waals surface area contributed by atoms with Crippen LogP contribution in [0.4, 0.5) is 0 Å². The number of nitrogens with one attached hydrogen (secondary N) is 2. The Hall–Kier alpha value is -6.11. The number of aromatic nitrogens is 1. The van der Waals surface area contributed by atoms with E-state index >= 15 is 0 Å². The number of phenols is 1. The van der Waals surface area contributed by atoms with E-state index in [9.17, 15) is 19.5 Å². The summed E-state index contributed by atoms with van der Waals surface area (Å²) in [5, 5.41) is 16.3. The van der Waals surface area contributed by atoms with Crippen LogP contribution in [0.5, 0.6) is 11.5 Å². The molecule has 2 fully saturated rings. The molecule has 2 saturated heterocycles. The molecule has 0 radical (unpaired) electrons. The zero-order chi connectivity index (χ0) is 39.2.